The first-order valence-electron chi connectivity index (χ1n) is 10.0. The second-order valence-electron chi connectivity index (χ2n) is 7.13. The lowest BCUT2D eigenvalue weighted by Crippen LogP contribution is -2.39. The average molecular weight is 564 g/mol. The van der Waals surface area contributed by atoms with Crippen molar-refractivity contribution in [2.24, 2.45) is 4.99 Å². The molecule has 0 fully saturated rings. The van der Waals surface area contributed by atoms with Crippen molar-refractivity contribution in [1.82, 2.24) is 20.0 Å². The molecule has 32 heavy (non-hydrogen) atoms. The fraction of sp³-hybridized carbons (Fsp3) is 0.261. The summed E-state index contributed by atoms with van der Waals surface area (Å²) in [5.41, 5.74) is 9.30. The molecule has 0 aliphatic heterocycles. The number of guanidine groups is 1. The number of nitrogen functional groups attached to an aromatic ring is 1. The van der Waals surface area contributed by atoms with Crippen LogP contribution in [-0.4, -0.2) is 41.3 Å². The fourth-order valence-corrected chi connectivity index (χ4v) is 3.45. The van der Waals surface area contributed by atoms with E-state index in [1.54, 1.807) is 11.7 Å². The van der Waals surface area contributed by atoms with Crippen LogP contribution in [0.4, 0.5) is 5.82 Å². The van der Waals surface area contributed by atoms with E-state index in [0.29, 0.717) is 36.6 Å². The summed E-state index contributed by atoms with van der Waals surface area (Å²) >= 11 is 5.96. The number of para-hydroxylation sites is 1. The van der Waals surface area contributed by atoms with Gasteiger partial charge in [-0.25, -0.2) is 4.68 Å². The van der Waals surface area contributed by atoms with Gasteiger partial charge in [-0.3, -0.25) is 4.99 Å². The Morgan fingerprint density at radius 3 is 2.53 bits per heavy atom. The van der Waals surface area contributed by atoms with Gasteiger partial charge in [0.05, 0.1) is 11.4 Å². The van der Waals surface area contributed by atoms with Crippen LogP contribution in [0.2, 0.25) is 5.02 Å². The van der Waals surface area contributed by atoms with E-state index in [9.17, 15) is 5.26 Å². The summed E-state index contributed by atoms with van der Waals surface area (Å²) < 4.78 is 1.63. The number of nitrogens with two attached hydrogens (primary N) is 1. The Morgan fingerprint density at radius 1 is 1.22 bits per heavy atom. The number of nitriles is 1. The van der Waals surface area contributed by atoms with E-state index in [1.165, 1.54) is 0 Å². The quantitative estimate of drug-likeness (QED) is 0.194. The van der Waals surface area contributed by atoms with E-state index >= 15 is 0 Å². The molecule has 0 unspecified atom stereocenters. The summed E-state index contributed by atoms with van der Waals surface area (Å²) in [6, 6.07) is 19.6. The topological polar surface area (TPSA) is 95.3 Å². The van der Waals surface area contributed by atoms with Crippen LogP contribution in [0.3, 0.4) is 0 Å². The van der Waals surface area contributed by atoms with Crippen LogP contribution >= 0.6 is 35.6 Å². The minimum atomic E-state index is 0. The Balaban J connectivity index is 0.00000363. The number of aryl methyl sites for hydroxylation is 1. The summed E-state index contributed by atoms with van der Waals surface area (Å²) in [7, 11) is 3.75. The zero-order valence-corrected chi connectivity index (χ0v) is 21.2. The molecule has 1 heterocycles. The summed E-state index contributed by atoms with van der Waals surface area (Å²) in [6.07, 6.45) is 1.42. The molecule has 0 aliphatic carbocycles. The van der Waals surface area contributed by atoms with Crippen LogP contribution < -0.4 is 11.1 Å². The number of aliphatic imine (C=N–C) groups is 1. The second-order valence-corrected chi connectivity index (χ2v) is 7.56. The van der Waals surface area contributed by atoms with Gasteiger partial charge in [0.2, 0.25) is 0 Å². The maximum atomic E-state index is 9.54. The fourth-order valence-electron chi connectivity index (χ4n) is 3.32. The normalized spacial score (nSPS) is 10.9. The molecule has 3 rings (SSSR count). The van der Waals surface area contributed by atoms with Crippen LogP contribution in [0, 0.1) is 11.3 Å². The lowest BCUT2D eigenvalue weighted by Gasteiger charge is -2.22. The highest BCUT2D eigenvalue weighted by molar-refractivity contribution is 14.0. The van der Waals surface area contributed by atoms with Gasteiger partial charge in [-0.05, 0) is 42.7 Å². The third-order valence-electron chi connectivity index (χ3n) is 4.89. The summed E-state index contributed by atoms with van der Waals surface area (Å²) in [6.45, 7) is 1.41. The van der Waals surface area contributed by atoms with Gasteiger partial charge in [0.15, 0.2) is 5.96 Å². The van der Waals surface area contributed by atoms with E-state index < -0.39 is 0 Å². The molecule has 0 atom stereocenters. The van der Waals surface area contributed by atoms with Crippen molar-refractivity contribution >= 4 is 47.4 Å². The summed E-state index contributed by atoms with van der Waals surface area (Å²) in [5.74, 6) is 1.17. The first-order chi connectivity index (χ1) is 15.0. The highest BCUT2D eigenvalue weighted by Crippen LogP contribution is 2.21. The second kappa shape index (κ2) is 12.3. The Labute approximate surface area is 210 Å². The zero-order chi connectivity index (χ0) is 22.2. The number of nitrogens with zero attached hydrogens (tertiary/aromatic N) is 5. The SMILES string of the molecule is CN=C(NCCCc1nn(-c2ccccc2)c(N)c1C#N)N(C)Cc1ccc(Cl)cc1.I. The van der Waals surface area contributed by atoms with Crippen molar-refractivity contribution in [2.45, 2.75) is 19.4 Å². The van der Waals surface area contributed by atoms with E-state index in [2.05, 4.69) is 21.5 Å². The van der Waals surface area contributed by atoms with Crippen LogP contribution in [0.5, 0.6) is 0 Å². The van der Waals surface area contributed by atoms with Gasteiger partial charge in [0, 0.05) is 32.2 Å². The maximum absolute atomic E-state index is 9.54. The number of halogens is 2. The van der Waals surface area contributed by atoms with Crippen molar-refractivity contribution in [1.29, 1.82) is 5.26 Å². The molecule has 9 heteroatoms. The third kappa shape index (κ3) is 6.37. The highest BCUT2D eigenvalue weighted by Gasteiger charge is 2.16. The van der Waals surface area contributed by atoms with Crippen LogP contribution in [0.1, 0.15) is 23.2 Å². The van der Waals surface area contributed by atoms with Crippen molar-refractivity contribution in [3.05, 3.63) is 76.4 Å². The highest BCUT2D eigenvalue weighted by atomic mass is 127. The molecule has 3 aromatic rings. The van der Waals surface area contributed by atoms with Gasteiger partial charge >= 0.3 is 0 Å². The van der Waals surface area contributed by atoms with E-state index in [-0.39, 0.29) is 24.0 Å². The zero-order valence-electron chi connectivity index (χ0n) is 18.1. The molecule has 0 spiro atoms. The largest absolute Gasteiger partial charge is 0.382 e. The number of anilines is 1. The van der Waals surface area contributed by atoms with Gasteiger partial charge in [0.25, 0.3) is 0 Å². The van der Waals surface area contributed by atoms with Crippen molar-refractivity contribution in [2.75, 3.05) is 26.4 Å². The lowest BCUT2D eigenvalue weighted by molar-refractivity contribution is 0.475. The lowest BCUT2D eigenvalue weighted by atomic mass is 10.1. The summed E-state index contributed by atoms with van der Waals surface area (Å²) in [5, 5.41) is 18.2. The number of aromatic nitrogens is 2. The minimum absolute atomic E-state index is 0. The molecule has 0 radical (unpaired) electrons. The van der Waals surface area contributed by atoms with Gasteiger partial charge in [-0.1, -0.05) is 41.9 Å². The Bertz CT molecular complexity index is 1070. The van der Waals surface area contributed by atoms with Crippen molar-refractivity contribution in [3.8, 4) is 11.8 Å². The molecule has 7 nitrogen and oxygen atoms in total. The number of benzene rings is 2. The van der Waals surface area contributed by atoms with Crippen LogP contribution in [0.15, 0.2) is 59.6 Å². The van der Waals surface area contributed by atoms with E-state index in [1.807, 2.05) is 66.5 Å². The van der Waals surface area contributed by atoms with E-state index in [0.717, 1.165) is 28.7 Å². The molecule has 3 N–H and O–H groups in total. The Morgan fingerprint density at radius 2 is 1.91 bits per heavy atom. The van der Waals surface area contributed by atoms with Gasteiger partial charge < -0.3 is 16.0 Å². The van der Waals surface area contributed by atoms with Crippen LogP contribution in [-0.2, 0) is 13.0 Å². The molecule has 0 saturated heterocycles. The van der Waals surface area contributed by atoms with Crippen LogP contribution in [0.25, 0.3) is 5.69 Å². The molecular formula is C23H27ClIN7. The molecule has 0 amide bonds. The molecular weight excluding hydrogens is 537 g/mol. The number of hydrogen-bond donors (Lipinski definition) is 2. The average Bonchev–Trinajstić information content (AvgIpc) is 3.11. The molecule has 0 aliphatic rings. The number of nitrogens with one attached hydrogen (secondary N) is 1. The van der Waals surface area contributed by atoms with Gasteiger partial charge in [-0.15, -0.1) is 24.0 Å². The van der Waals surface area contributed by atoms with Gasteiger partial charge in [0.1, 0.15) is 17.5 Å². The number of rotatable bonds is 7. The number of hydrogen-bond acceptors (Lipinski definition) is 4. The molecule has 1 aromatic heterocycles. The first-order valence-corrected chi connectivity index (χ1v) is 10.4. The molecule has 168 valence electrons. The van der Waals surface area contributed by atoms with Crippen molar-refractivity contribution < 1.29 is 0 Å². The monoisotopic (exact) mass is 563 g/mol. The van der Waals surface area contributed by atoms with E-state index in [4.69, 9.17) is 17.3 Å². The smallest absolute Gasteiger partial charge is 0.193 e. The molecule has 0 bridgehead atoms. The molecule has 2 aromatic carbocycles. The summed E-state index contributed by atoms with van der Waals surface area (Å²) in [4.78, 5) is 6.40. The predicted octanol–water partition coefficient (Wildman–Crippen LogP) is 4.24. The Hall–Kier alpha value is -2.77. The predicted molar refractivity (Wildman–Crippen MR) is 141 cm³/mol. The first kappa shape index (κ1) is 25.5. The molecule has 0 saturated carbocycles. The maximum Gasteiger partial charge on any atom is 0.193 e. The minimum Gasteiger partial charge on any atom is -0.382 e. The third-order valence-corrected chi connectivity index (χ3v) is 5.14. The van der Waals surface area contributed by atoms with Gasteiger partial charge in [-0.2, -0.15) is 10.4 Å². The standard InChI is InChI=1S/C23H26ClN7.HI/c1-27-23(30(2)16-17-10-12-18(24)13-11-17)28-14-6-9-21-20(15-25)22(26)31(29-21)19-7-4-3-5-8-19;/h3-5,7-8,10-13H,6,9,14,16,26H2,1-2H3,(H,27,28);1H. The Kier molecular flexibility index (Phi) is 9.81. The van der Waals surface area contributed by atoms with Crippen molar-refractivity contribution in [3.63, 3.8) is 0 Å².